The summed E-state index contributed by atoms with van der Waals surface area (Å²) < 4.78 is 17.6. The van der Waals surface area contributed by atoms with Gasteiger partial charge in [-0.25, -0.2) is 0 Å². The molecule has 0 radical (unpaired) electrons. The van der Waals surface area contributed by atoms with Crippen LogP contribution in [0.2, 0.25) is 5.02 Å². The zero-order valence-electron chi connectivity index (χ0n) is 13.5. The molecule has 5 rings (SSSR count). The molecule has 0 atom stereocenters. The van der Waals surface area contributed by atoms with Crippen LogP contribution in [0.5, 0.6) is 0 Å². The molecule has 5 aromatic rings. The van der Waals surface area contributed by atoms with Crippen LogP contribution in [0.15, 0.2) is 61.1 Å². The number of thiophene rings is 1. The van der Waals surface area contributed by atoms with E-state index in [1.54, 1.807) is 18.4 Å². The zero-order chi connectivity index (χ0) is 18.2. The van der Waals surface area contributed by atoms with Gasteiger partial charge in [0.2, 0.25) is 5.89 Å². The van der Waals surface area contributed by atoms with Crippen molar-refractivity contribution >= 4 is 44.8 Å². The van der Waals surface area contributed by atoms with Crippen molar-refractivity contribution in [2.24, 2.45) is 0 Å². The summed E-state index contributed by atoms with van der Waals surface area (Å²) in [5.74, 6) is 2.09. The lowest BCUT2D eigenvalue weighted by molar-refractivity contribution is 0.464. The Bertz CT molecular complexity index is 1210. The summed E-state index contributed by atoms with van der Waals surface area (Å²) in [5.41, 5.74) is 0. The predicted molar refractivity (Wildman–Crippen MR) is 102 cm³/mol. The highest BCUT2D eigenvalue weighted by Gasteiger charge is 2.18. The molecular formula is C17H9ClN4O3S2. The molecule has 7 nitrogen and oxygen atoms in total. The van der Waals surface area contributed by atoms with E-state index in [4.69, 9.17) is 24.9 Å². The van der Waals surface area contributed by atoms with Crippen LogP contribution >= 0.6 is 34.7 Å². The molecule has 0 aliphatic carbocycles. The average molecular weight is 417 g/mol. The first kappa shape index (κ1) is 16.5. The number of thioether (sulfide) groups is 1. The molecule has 0 unspecified atom stereocenters. The summed E-state index contributed by atoms with van der Waals surface area (Å²) in [6, 6.07) is 11.4. The highest BCUT2D eigenvalue weighted by molar-refractivity contribution is 7.98. The van der Waals surface area contributed by atoms with Gasteiger partial charge in [-0.05, 0) is 18.2 Å². The average Bonchev–Trinajstić information content (AvgIpc) is 3.47. The fourth-order valence-electron chi connectivity index (χ4n) is 2.45. The second-order valence-electron chi connectivity index (χ2n) is 5.38. The molecule has 0 fully saturated rings. The molecule has 0 amide bonds. The van der Waals surface area contributed by atoms with Gasteiger partial charge in [-0.15, -0.1) is 31.7 Å². The van der Waals surface area contributed by atoms with E-state index in [2.05, 4.69) is 20.4 Å². The van der Waals surface area contributed by atoms with Crippen LogP contribution in [0.3, 0.4) is 0 Å². The highest BCUT2D eigenvalue weighted by Crippen LogP contribution is 2.41. The second kappa shape index (κ2) is 6.84. The van der Waals surface area contributed by atoms with Crippen molar-refractivity contribution in [3.05, 3.63) is 53.6 Å². The van der Waals surface area contributed by atoms with Gasteiger partial charge >= 0.3 is 0 Å². The first-order valence-electron chi connectivity index (χ1n) is 7.78. The summed E-state index contributed by atoms with van der Waals surface area (Å²) in [7, 11) is 0. The van der Waals surface area contributed by atoms with Gasteiger partial charge in [-0.3, -0.25) is 0 Å². The van der Waals surface area contributed by atoms with Crippen molar-refractivity contribution in [3.63, 3.8) is 0 Å². The van der Waals surface area contributed by atoms with Crippen molar-refractivity contribution in [1.29, 1.82) is 0 Å². The lowest BCUT2D eigenvalue weighted by atomic mass is 10.2. The number of aromatic nitrogens is 4. The third-order valence-electron chi connectivity index (χ3n) is 3.65. The van der Waals surface area contributed by atoms with Crippen LogP contribution in [0.25, 0.3) is 32.5 Å². The molecule has 134 valence electrons. The third kappa shape index (κ3) is 3.14. The number of nitrogens with zero attached hydrogens (tertiary/aromatic N) is 4. The lowest BCUT2D eigenvalue weighted by Gasteiger charge is -1.91. The Morgan fingerprint density at radius 3 is 2.70 bits per heavy atom. The van der Waals surface area contributed by atoms with Gasteiger partial charge in [0.15, 0.2) is 5.76 Å². The van der Waals surface area contributed by atoms with E-state index in [1.807, 2.05) is 24.3 Å². The van der Waals surface area contributed by atoms with E-state index in [-0.39, 0.29) is 0 Å². The molecule has 0 saturated heterocycles. The molecule has 0 aliphatic rings. The number of halogens is 1. The number of fused-ring (bicyclic) bond motifs is 1. The van der Waals surface area contributed by atoms with Crippen LogP contribution in [0, 0.1) is 0 Å². The van der Waals surface area contributed by atoms with Gasteiger partial charge in [0.1, 0.15) is 4.88 Å². The third-order valence-corrected chi connectivity index (χ3v) is 6.12. The molecule has 10 heteroatoms. The SMILES string of the molecule is Clc1c(-c2nnc(SCc3nnc(-c4ccco4)o3)o2)sc2ccccc12. The van der Waals surface area contributed by atoms with Crippen LogP contribution in [0.1, 0.15) is 5.89 Å². The van der Waals surface area contributed by atoms with Crippen molar-refractivity contribution in [3.8, 4) is 22.4 Å². The van der Waals surface area contributed by atoms with Crippen LogP contribution in [-0.4, -0.2) is 20.4 Å². The number of hydrogen-bond acceptors (Lipinski definition) is 9. The molecular weight excluding hydrogens is 408 g/mol. The lowest BCUT2D eigenvalue weighted by Crippen LogP contribution is -1.80. The summed E-state index contributed by atoms with van der Waals surface area (Å²) in [5, 5.41) is 18.1. The van der Waals surface area contributed by atoms with Gasteiger partial charge in [0, 0.05) is 10.1 Å². The maximum Gasteiger partial charge on any atom is 0.283 e. The minimum absolute atomic E-state index is 0.332. The van der Waals surface area contributed by atoms with E-state index in [1.165, 1.54) is 23.1 Å². The van der Waals surface area contributed by atoms with E-state index in [0.717, 1.165) is 15.0 Å². The van der Waals surface area contributed by atoms with Crippen molar-refractivity contribution in [2.45, 2.75) is 11.0 Å². The Balaban J connectivity index is 1.33. The van der Waals surface area contributed by atoms with Gasteiger partial charge in [0.25, 0.3) is 17.0 Å². The first-order valence-corrected chi connectivity index (χ1v) is 9.96. The Morgan fingerprint density at radius 2 is 1.85 bits per heavy atom. The molecule has 0 aliphatic heterocycles. The molecule has 4 aromatic heterocycles. The van der Waals surface area contributed by atoms with Crippen molar-refractivity contribution in [1.82, 2.24) is 20.4 Å². The fraction of sp³-hybridized carbons (Fsp3) is 0.0588. The summed E-state index contributed by atoms with van der Waals surface area (Å²) >= 11 is 9.28. The Kier molecular flexibility index (Phi) is 4.19. The number of benzene rings is 1. The largest absolute Gasteiger partial charge is 0.459 e. The predicted octanol–water partition coefficient (Wildman–Crippen LogP) is 5.54. The molecule has 27 heavy (non-hydrogen) atoms. The maximum absolute atomic E-state index is 6.46. The zero-order valence-corrected chi connectivity index (χ0v) is 15.8. The molecule has 1 aromatic carbocycles. The van der Waals surface area contributed by atoms with Crippen molar-refractivity contribution in [2.75, 3.05) is 0 Å². The molecule has 0 bridgehead atoms. The van der Waals surface area contributed by atoms with E-state index >= 15 is 0 Å². The molecule has 0 N–H and O–H groups in total. The van der Waals surface area contributed by atoms with E-state index in [9.17, 15) is 0 Å². The van der Waals surface area contributed by atoms with Crippen LogP contribution < -0.4 is 0 Å². The van der Waals surface area contributed by atoms with E-state index in [0.29, 0.717) is 39.4 Å². The topological polar surface area (TPSA) is 91.0 Å². The monoisotopic (exact) mass is 416 g/mol. The number of furan rings is 1. The van der Waals surface area contributed by atoms with E-state index < -0.39 is 0 Å². The smallest absolute Gasteiger partial charge is 0.283 e. The fourth-order valence-corrected chi connectivity index (χ4v) is 4.48. The van der Waals surface area contributed by atoms with Gasteiger partial charge in [-0.1, -0.05) is 41.6 Å². The Hall–Kier alpha value is -2.62. The normalized spacial score (nSPS) is 11.4. The second-order valence-corrected chi connectivity index (χ2v) is 7.74. The highest BCUT2D eigenvalue weighted by atomic mass is 35.5. The number of rotatable bonds is 5. The quantitative estimate of drug-likeness (QED) is 0.345. The molecule has 0 spiro atoms. The van der Waals surface area contributed by atoms with Crippen LogP contribution in [0.4, 0.5) is 0 Å². The Labute approximate surface area is 165 Å². The minimum atomic E-state index is 0.332. The Morgan fingerprint density at radius 1 is 0.963 bits per heavy atom. The first-order chi connectivity index (χ1) is 13.3. The number of hydrogen-bond donors (Lipinski definition) is 0. The van der Waals surface area contributed by atoms with Gasteiger partial charge in [-0.2, -0.15) is 0 Å². The van der Waals surface area contributed by atoms with Crippen LogP contribution in [-0.2, 0) is 5.75 Å². The summed E-state index contributed by atoms with van der Waals surface area (Å²) in [6.45, 7) is 0. The minimum Gasteiger partial charge on any atom is -0.459 e. The maximum atomic E-state index is 6.46. The van der Waals surface area contributed by atoms with Gasteiger partial charge in [0.05, 0.1) is 17.0 Å². The molecule has 0 saturated carbocycles. The van der Waals surface area contributed by atoms with Crippen molar-refractivity contribution < 1.29 is 13.3 Å². The summed E-state index contributed by atoms with van der Waals surface area (Å²) in [4.78, 5) is 0.759. The van der Waals surface area contributed by atoms with Gasteiger partial charge < -0.3 is 13.3 Å². The summed E-state index contributed by atoms with van der Waals surface area (Å²) in [6.07, 6.45) is 1.55. The molecule has 4 heterocycles. The standard InChI is InChI=1S/C17H9ClN4O3S2/c18-13-9-4-1-2-6-11(9)27-14(13)16-21-22-17(25-16)26-8-12-19-20-15(24-12)10-5-3-7-23-10/h1-7H,8H2.